The molecule has 1 aliphatic rings. The van der Waals surface area contributed by atoms with Gasteiger partial charge in [-0.2, -0.15) is 0 Å². The van der Waals surface area contributed by atoms with Crippen LogP contribution in [0.15, 0.2) is 39.5 Å². The van der Waals surface area contributed by atoms with Crippen molar-refractivity contribution in [1.82, 2.24) is 19.4 Å². The van der Waals surface area contributed by atoms with E-state index in [0.717, 1.165) is 25.9 Å². The lowest BCUT2D eigenvalue weighted by molar-refractivity contribution is 0.0562. The van der Waals surface area contributed by atoms with Gasteiger partial charge in [-0.15, -0.1) is 0 Å². The van der Waals surface area contributed by atoms with Crippen LogP contribution in [0.4, 0.5) is 4.39 Å². The van der Waals surface area contributed by atoms with E-state index in [4.69, 9.17) is 13.9 Å². The summed E-state index contributed by atoms with van der Waals surface area (Å²) in [6, 6.07) is 7.85. The van der Waals surface area contributed by atoms with Crippen LogP contribution in [0, 0.1) is 12.7 Å². The fourth-order valence-corrected chi connectivity index (χ4v) is 4.68. The molecule has 0 aliphatic carbocycles. The van der Waals surface area contributed by atoms with Gasteiger partial charge in [0.1, 0.15) is 24.3 Å². The van der Waals surface area contributed by atoms with Crippen molar-refractivity contribution in [2.45, 2.75) is 31.9 Å². The Morgan fingerprint density at radius 2 is 2.09 bits per heavy atom. The first-order valence-corrected chi connectivity index (χ1v) is 11.3. The molecule has 1 saturated heterocycles. The number of nitrogens with one attached hydrogen (secondary N) is 1. The molecule has 10 heteroatoms. The van der Waals surface area contributed by atoms with Crippen molar-refractivity contribution in [1.29, 1.82) is 0 Å². The van der Waals surface area contributed by atoms with Crippen molar-refractivity contribution >= 4 is 22.1 Å². The van der Waals surface area contributed by atoms with Crippen LogP contribution in [0.5, 0.6) is 11.5 Å². The van der Waals surface area contributed by atoms with Gasteiger partial charge in [-0.1, -0.05) is 0 Å². The summed E-state index contributed by atoms with van der Waals surface area (Å²) in [6.45, 7) is 3.77. The van der Waals surface area contributed by atoms with E-state index >= 15 is 0 Å². The van der Waals surface area contributed by atoms with Crippen molar-refractivity contribution in [3.63, 3.8) is 0 Å². The first-order valence-electron chi connectivity index (χ1n) is 11.3. The number of aliphatic hydroxyl groups excluding tert-OH is 1. The molecule has 0 bridgehead atoms. The Balaban J connectivity index is 1.19. The molecule has 1 fully saturated rings. The molecule has 4 aromatic rings. The van der Waals surface area contributed by atoms with Gasteiger partial charge < -0.3 is 28.9 Å². The minimum Gasteiger partial charge on any atom is -0.496 e. The minimum atomic E-state index is -0.704. The topological polar surface area (TPSA) is 106 Å². The number of imidazole rings is 1. The lowest BCUT2D eigenvalue weighted by Gasteiger charge is -2.33. The van der Waals surface area contributed by atoms with Gasteiger partial charge in [-0.3, -0.25) is 4.57 Å². The van der Waals surface area contributed by atoms with Crippen LogP contribution < -0.4 is 15.2 Å². The number of rotatable bonds is 7. The van der Waals surface area contributed by atoms with Gasteiger partial charge in [0.2, 0.25) is 0 Å². The molecule has 180 valence electrons. The Morgan fingerprint density at radius 3 is 2.85 bits per heavy atom. The number of likely N-dealkylation sites (tertiary alicyclic amines) is 1. The molecule has 0 spiro atoms. The van der Waals surface area contributed by atoms with Gasteiger partial charge >= 0.3 is 5.69 Å². The summed E-state index contributed by atoms with van der Waals surface area (Å²) >= 11 is 0. The van der Waals surface area contributed by atoms with E-state index in [2.05, 4.69) is 14.9 Å². The first kappa shape index (κ1) is 22.4. The Labute approximate surface area is 194 Å². The van der Waals surface area contributed by atoms with E-state index in [-0.39, 0.29) is 24.2 Å². The van der Waals surface area contributed by atoms with Crippen molar-refractivity contribution < 1.29 is 23.4 Å². The summed E-state index contributed by atoms with van der Waals surface area (Å²) in [5, 5.41) is 10.6. The molecule has 1 atom stereocenters. The number of halogens is 1. The van der Waals surface area contributed by atoms with Gasteiger partial charge in [0, 0.05) is 44.7 Å². The summed E-state index contributed by atoms with van der Waals surface area (Å²) < 4.78 is 32.0. The second-order valence-corrected chi connectivity index (χ2v) is 8.66. The van der Waals surface area contributed by atoms with Crippen LogP contribution in [0.25, 0.3) is 22.1 Å². The fourth-order valence-electron chi connectivity index (χ4n) is 4.68. The number of nitrogens with zero attached hydrogens (tertiary/aromatic N) is 3. The molecule has 9 nitrogen and oxygen atoms in total. The normalized spacial score (nSPS) is 16.4. The second kappa shape index (κ2) is 9.11. The highest BCUT2D eigenvalue weighted by molar-refractivity contribution is 5.81. The minimum absolute atomic E-state index is 0.0248. The molecular formula is C24H27FN4O5. The maximum atomic E-state index is 13.5. The first-order chi connectivity index (χ1) is 16.4. The van der Waals surface area contributed by atoms with E-state index < -0.39 is 6.10 Å². The third-order valence-corrected chi connectivity index (χ3v) is 6.28. The molecule has 2 aromatic heterocycles. The average Bonchev–Trinajstić information content (AvgIpc) is 3.35. The highest BCUT2D eigenvalue weighted by Crippen LogP contribution is 2.31. The predicted molar refractivity (Wildman–Crippen MR) is 124 cm³/mol. The molecule has 2 aromatic carbocycles. The van der Waals surface area contributed by atoms with Crippen molar-refractivity contribution in [2.75, 3.05) is 33.4 Å². The Kier molecular flexibility index (Phi) is 6.01. The number of β-amino-alcohol motifs (C(OH)–C–C–N with tert-alkyl or cyclic N) is 1. The van der Waals surface area contributed by atoms with Crippen LogP contribution in [-0.2, 0) is 0 Å². The van der Waals surface area contributed by atoms with Crippen molar-refractivity contribution in [2.24, 2.45) is 0 Å². The van der Waals surface area contributed by atoms with E-state index in [0.29, 0.717) is 46.1 Å². The zero-order valence-electron chi connectivity index (χ0n) is 19.1. The number of aromatic amines is 1. The lowest BCUT2D eigenvalue weighted by Crippen LogP contribution is -2.42. The number of oxazole rings is 1. The molecule has 0 amide bonds. The van der Waals surface area contributed by atoms with Crippen LogP contribution in [0.3, 0.4) is 0 Å². The van der Waals surface area contributed by atoms with Crippen LogP contribution in [-0.4, -0.2) is 64.0 Å². The summed E-state index contributed by atoms with van der Waals surface area (Å²) in [5.41, 5.74) is 2.16. The van der Waals surface area contributed by atoms with Gasteiger partial charge in [0.05, 0.1) is 18.1 Å². The Hall–Kier alpha value is -3.37. The van der Waals surface area contributed by atoms with Crippen molar-refractivity contribution in [3.05, 3.63) is 52.5 Å². The summed E-state index contributed by atoms with van der Waals surface area (Å²) in [6.07, 6.45) is 0.809. The van der Waals surface area contributed by atoms with E-state index in [9.17, 15) is 14.3 Å². The monoisotopic (exact) mass is 470 g/mol. The molecule has 0 unspecified atom stereocenters. The molecule has 1 aliphatic heterocycles. The Bertz CT molecular complexity index is 1370. The number of hydrogen-bond donors (Lipinski definition) is 2. The van der Waals surface area contributed by atoms with Gasteiger partial charge in [0.15, 0.2) is 22.7 Å². The largest absolute Gasteiger partial charge is 0.496 e. The summed E-state index contributed by atoms with van der Waals surface area (Å²) in [4.78, 5) is 21.7. The van der Waals surface area contributed by atoms with Crippen molar-refractivity contribution in [3.8, 4) is 11.5 Å². The number of ether oxygens (including phenoxy) is 2. The number of benzene rings is 2. The van der Waals surface area contributed by atoms with Crippen LogP contribution >= 0.6 is 0 Å². The maximum absolute atomic E-state index is 13.5. The molecule has 0 saturated carbocycles. The zero-order valence-corrected chi connectivity index (χ0v) is 19.1. The molecule has 34 heavy (non-hydrogen) atoms. The number of H-pyrrole nitrogens is 1. The number of aliphatic hydroxyl groups is 1. The molecular weight excluding hydrogens is 443 g/mol. The third kappa shape index (κ3) is 4.38. The van der Waals surface area contributed by atoms with Gasteiger partial charge in [0.25, 0.3) is 0 Å². The highest BCUT2D eigenvalue weighted by Gasteiger charge is 2.25. The molecule has 5 rings (SSSR count). The second-order valence-electron chi connectivity index (χ2n) is 8.66. The van der Waals surface area contributed by atoms with Crippen LogP contribution in [0.2, 0.25) is 0 Å². The number of fused-ring (bicyclic) bond motifs is 2. The Morgan fingerprint density at radius 1 is 1.29 bits per heavy atom. The number of piperidine rings is 1. The number of hydrogen-bond acceptors (Lipinski definition) is 7. The fraction of sp³-hybridized carbons (Fsp3) is 0.417. The van der Waals surface area contributed by atoms with E-state index in [1.807, 2.05) is 0 Å². The molecule has 0 radical (unpaired) electrons. The summed E-state index contributed by atoms with van der Waals surface area (Å²) in [7, 11) is 1.56. The maximum Gasteiger partial charge on any atom is 0.326 e. The third-order valence-electron chi connectivity index (χ3n) is 6.28. The zero-order chi connectivity index (χ0) is 23.8. The van der Waals surface area contributed by atoms with Crippen LogP contribution in [0.1, 0.15) is 24.8 Å². The SMILES string of the molecule is COc1cc(OC[C@@H](O)CN2CCC(n3c(=O)[nH]c4cc(F)ccc43)CC2)c2nc(C)oc2c1. The van der Waals surface area contributed by atoms with Gasteiger partial charge in [-0.25, -0.2) is 14.2 Å². The lowest BCUT2D eigenvalue weighted by atomic mass is 10.0. The van der Waals surface area contributed by atoms with E-state index in [1.165, 1.54) is 12.1 Å². The predicted octanol–water partition coefficient (Wildman–Crippen LogP) is 3.00. The molecule has 2 N–H and O–H groups in total. The molecule has 3 heterocycles. The van der Waals surface area contributed by atoms with Gasteiger partial charge in [-0.05, 0) is 31.0 Å². The number of aryl methyl sites for hydroxylation is 1. The number of methoxy groups -OCH3 is 1. The standard InChI is InChI=1S/C24H27FN4O5/c1-14-26-23-21(10-18(32-2)11-22(23)34-14)33-13-17(30)12-28-7-5-16(6-8-28)29-20-4-3-15(25)9-19(20)27-24(29)31/h3-4,9-11,16-17,30H,5-8,12-13H2,1-2H3,(H,27,31)/t17-/m0/s1. The number of aromatic nitrogens is 3. The van der Waals surface area contributed by atoms with E-state index in [1.54, 1.807) is 36.8 Å². The summed E-state index contributed by atoms with van der Waals surface area (Å²) in [5.74, 6) is 1.24. The smallest absolute Gasteiger partial charge is 0.326 e. The quantitative estimate of drug-likeness (QED) is 0.428. The highest BCUT2D eigenvalue weighted by atomic mass is 19.1. The average molecular weight is 471 g/mol.